The number of carbonyl (C=O) groups is 1. The molecule has 1 amide bonds. The summed E-state index contributed by atoms with van der Waals surface area (Å²) in [5.74, 6) is 0.102. The Bertz CT molecular complexity index is 680. The van der Waals surface area contributed by atoms with E-state index in [0.717, 1.165) is 16.7 Å². The van der Waals surface area contributed by atoms with Gasteiger partial charge in [0.1, 0.15) is 0 Å². The van der Waals surface area contributed by atoms with E-state index in [4.69, 9.17) is 5.73 Å². The van der Waals surface area contributed by atoms with Crippen LogP contribution in [0.25, 0.3) is 0 Å². The fourth-order valence-electron chi connectivity index (χ4n) is 3.30. The molecule has 0 saturated carbocycles. The second kappa shape index (κ2) is 3.68. The summed E-state index contributed by atoms with van der Waals surface area (Å²) < 4.78 is 0. The van der Waals surface area contributed by atoms with Crippen molar-refractivity contribution in [3.05, 3.63) is 70.8 Å². The lowest BCUT2D eigenvalue weighted by atomic mass is 9.88. The summed E-state index contributed by atoms with van der Waals surface area (Å²) in [5.41, 5.74) is 10.5. The van der Waals surface area contributed by atoms with Crippen molar-refractivity contribution in [2.75, 3.05) is 6.54 Å². The highest BCUT2D eigenvalue weighted by molar-refractivity contribution is 6.00. The zero-order valence-electron chi connectivity index (χ0n) is 10.4. The van der Waals surface area contributed by atoms with Crippen LogP contribution < -0.4 is 5.73 Å². The molecular formula is C16H14N2O. The third-order valence-corrected chi connectivity index (χ3v) is 4.14. The van der Waals surface area contributed by atoms with Gasteiger partial charge in [-0.2, -0.15) is 0 Å². The van der Waals surface area contributed by atoms with Gasteiger partial charge in [0.2, 0.25) is 0 Å². The predicted octanol–water partition coefficient (Wildman–Crippen LogP) is 2.25. The normalized spacial score (nSPS) is 23.8. The van der Waals surface area contributed by atoms with Crippen molar-refractivity contribution in [3.63, 3.8) is 0 Å². The van der Waals surface area contributed by atoms with Crippen LogP contribution in [0, 0.1) is 0 Å². The molecule has 3 heteroatoms. The molecule has 2 heterocycles. The number of hydrogen-bond donors (Lipinski definition) is 1. The summed E-state index contributed by atoms with van der Waals surface area (Å²) in [6.07, 6.45) is 0. The Morgan fingerprint density at radius 3 is 2.37 bits per heavy atom. The third-order valence-electron chi connectivity index (χ3n) is 4.14. The Morgan fingerprint density at radius 1 is 0.947 bits per heavy atom. The van der Waals surface area contributed by atoms with Crippen molar-refractivity contribution in [1.82, 2.24) is 4.90 Å². The van der Waals surface area contributed by atoms with E-state index in [1.54, 1.807) is 0 Å². The molecule has 0 aromatic heterocycles. The average Bonchev–Trinajstić information content (AvgIpc) is 2.73. The second-order valence-corrected chi connectivity index (χ2v) is 5.18. The van der Waals surface area contributed by atoms with Gasteiger partial charge < -0.3 is 10.6 Å². The molecule has 0 radical (unpaired) electrons. The number of amides is 1. The van der Waals surface area contributed by atoms with Crippen molar-refractivity contribution in [3.8, 4) is 0 Å². The largest absolute Gasteiger partial charge is 0.326 e. The first-order chi connectivity index (χ1) is 9.27. The lowest BCUT2D eigenvalue weighted by Crippen LogP contribution is -2.40. The van der Waals surface area contributed by atoms with E-state index in [9.17, 15) is 4.79 Å². The maximum absolute atomic E-state index is 12.5. The van der Waals surface area contributed by atoms with Crippen LogP contribution in [-0.4, -0.2) is 17.4 Å². The molecule has 2 aromatic carbocycles. The molecule has 2 aliphatic heterocycles. The molecule has 3 nitrogen and oxygen atoms in total. The highest BCUT2D eigenvalue weighted by atomic mass is 16.2. The molecular weight excluding hydrogens is 236 g/mol. The minimum atomic E-state index is -0.0919. The van der Waals surface area contributed by atoms with E-state index >= 15 is 0 Å². The number of fused-ring (bicyclic) bond motifs is 5. The highest BCUT2D eigenvalue weighted by Crippen LogP contribution is 2.44. The highest BCUT2D eigenvalue weighted by Gasteiger charge is 2.42. The van der Waals surface area contributed by atoms with E-state index < -0.39 is 0 Å². The monoisotopic (exact) mass is 250 g/mol. The Balaban J connectivity index is 1.98. The first-order valence-electron chi connectivity index (χ1n) is 6.51. The minimum Gasteiger partial charge on any atom is -0.326 e. The van der Waals surface area contributed by atoms with E-state index in [2.05, 4.69) is 12.1 Å². The molecule has 0 spiro atoms. The summed E-state index contributed by atoms with van der Waals surface area (Å²) in [5, 5.41) is 0. The number of nitrogens with two attached hydrogens (primary N) is 1. The standard InChI is InChI=1S/C16H14N2O/c17-14-9-18-15(11-6-2-1-5-10(11)14)12-7-3-4-8-13(12)16(18)19/h1-8,14-15H,9,17H2/t14-,15?/m0/s1. The Hall–Kier alpha value is -2.13. The fraction of sp³-hybridized carbons (Fsp3) is 0.188. The zero-order valence-corrected chi connectivity index (χ0v) is 10.4. The average molecular weight is 250 g/mol. The van der Waals surface area contributed by atoms with Crippen molar-refractivity contribution in [1.29, 1.82) is 0 Å². The number of hydrogen-bond acceptors (Lipinski definition) is 2. The molecule has 4 rings (SSSR count). The van der Waals surface area contributed by atoms with Gasteiger partial charge in [-0.3, -0.25) is 4.79 Å². The van der Waals surface area contributed by atoms with Gasteiger partial charge in [0.25, 0.3) is 5.91 Å². The second-order valence-electron chi connectivity index (χ2n) is 5.18. The van der Waals surface area contributed by atoms with E-state index in [-0.39, 0.29) is 18.0 Å². The van der Waals surface area contributed by atoms with Gasteiger partial charge in [0.15, 0.2) is 0 Å². The van der Waals surface area contributed by atoms with Crippen molar-refractivity contribution in [2.45, 2.75) is 12.1 Å². The van der Waals surface area contributed by atoms with Crippen LogP contribution >= 0.6 is 0 Å². The van der Waals surface area contributed by atoms with Gasteiger partial charge >= 0.3 is 0 Å². The van der Waals surface area contributed by atoms with E-state index in [0.29, 0.717) is 6.54 Å². The van der Waals surface area contributed by atoms with Gasteiger partial charge in [-0.25, -0.2) is 0 Å². The zero-order chi connectivity index (χ0) is 13.0. The quantitative estimate of drug-likeness (QED) is 0.779. The van der Waals surface area contributed by atoms with Gasteiger partial charge in [0, 0.05) is 18.2 Å². The molecule has 0 saturated heterocycles. The van der Waals surface area contributed by atoms with E-state index in [1.807, 2.05) is 41.3 Å². The van der Waals surface area contributed by atoms with Crippen LogP contribution in [0.1, 0.15) is 39.1 Å². The molecule has 2 aromatic rings. The molecule has 2 aliphatic rings. The van der Waals surface area contributed by atoms with Gasteiger partial charge in [-0.05, 0) is 22.8 Å². The van der Waals surface area contributed by atoms with Crippen LogP contribution in [0.3, 0.4) is 0 Å². The molecule has 2 N–H and O–H groups in total. The van der Waals surface area contributed by atoms with Crippen LogP contribution in [0.5, 0.6) is 0 Å². The maximum Gasteiger partial charge on any atom is 0.255 e. The maximum atomic E-state index is 12.5. The van der Waals surface area contributed by atoms with Crippen LogP contribution in [0.4, 0.5) is 0 Å². The SMILES string of the molecule is N[C@H]1CN2C(=O)c3ccccc3C2c2ccccc21. The minimum absolute atomic E-state index is 0.0414. The molecule has 1 unspecified atom stereocenters. The number of carbonyl (C=O) groups excluding carboxylic acids is 1. The van der Waals surface area contributed by atoms with Gasteiger partial charge in [0.05, 0.1) is 6.04 Å². The molecule has 2 atom stereocenters. The van der Waals surface area contributed by atoms with Crippen LogP contribution in [0.2, 0.25) is 0 Å². The van der Waals surface area contributed by atoms with Crippen molar-refractivity contribution < 1.29 is 4.79 Å². The van der Waals surface area contributed by atoms with Crippen LogP contribution in [0.15, 0.2) is 48.5 Å². The lowest BCUT2D eigenvalue weighted by molar-refractivity contribution is 0.0722. The van der Waals surface area contributed by atoms with Gasteiger partial charge in [-0.1, -0.05) is 42.5 Å². The van der Waals surface area contributed by atoms with E-state index in [1.165, 1.54) is 5.56 Å². The Kier molecular flexibility index (Phi) is 2.09. The summed E-state index contributed by atoms with van der Waals surface area (Å²) >= 11 is 0. The lowest BCUT2D eigenvalue weighted by Gasteiger charge is -2.35. The molecule has 19 heavy (non-hydrogen) atoms. The van der Waals surface area contributed by atoms with Gasteiger partial charge in [-0.15, -0.1) is 0 Å². The summed E-state index contributed by atoms with van der Waals surface area (Å²) in [4.78, 5) is 14.4. The Morgan fingerprint density at radius 2 is 1.58 bits per heavy atom. The topological polar surface area (TPSA) is 46.3 Å². The fourth-order valence-corrected chi connectivity index (χ4v) is 3.30. The predicted molar refractivity (Wildman–Crippen MR) is 72.7 cm³/mol. The summed E-state index contributed by atoms with van der Waals surface area (Å²) in [7, 11) is 0. The smallest absolute Gasteiger partial charge is 0.255 e. The molecule has 0 fully saturated rings. The summed E-state index contributed by atoms with van der Waals surface area (Å²) in [6, 6.07) is 16.0. The number of benzene rings is 2. The molecule has 0 bridgehead atoms. The molecule has 0 aliphatic carbocycles. The first kappa shape index (κ1) is 10.8. The first-order valence-corrected chi connectivity index (χ1v) is 6.51. The van der Waals surface area contributed by atoms with Crippen molar-refractivity contribution in [2.24, 2.45) is 5.73 Å². The number of nitrogens with zero attached hydrogens (tertiary/aromatic N) is 1. The van der Waals surface area contributed by atoms with Crippen molar-refractivity contribution >= 4 is 5.91 Å². The number of rotatable bonds is 0. The van der Waals surface area contributed by atoms with Crippen LogP contribution in [-0.2, 0) is 0 Å². The third kappa shape index (κ3) is 1.33. The molecule has 94 valence electrons. The summed E-state index contributed by atoms with van der Waals surface area (Å²) in [6.45, 7) is 0.592. The Labute approximate surface area is 111 Å².